The van der Waals surface area contributed by atoms with E-state index in [4.69, 9.17) is 0 Å². The molecular formula is C16H22FN5. The third-order valence-corrected chi connectivity index (χ3v) is 5.06. The van der Waals surface area contributed by atoms with Crippen molar-refractivity contribution in [1.29, 1.82) is 0 Å². The molecule has 5 nitrogen and oxygen atoms in total. The number of H-pyrrole nitrogens is 1. The summed E-state index contributed by atoms with van der Waals surface area (Å²) in [6.45, 7) is 2.92. The molecule has 0 spiro atoms. The van der Waals surface area contributed by atoms with Crippen LogP contribution in [0.3, 0.4) is 0 Å². The largest absolute Gasteiger partial charge is 0.294 e. The number of halogens is 1. The highest BCUT2D eigenvalue weighted by Crippen LogP contribution is 2.38. The highest BCUT2D eigenvalue weighted by molar-refractivity contribution is 5.26. The minimum Gasteiger partial charge on any atom is -0.294 e. The van der Waals surface area contributed by atoms with Gasteiger partial charge < -0.3 is 0 Å². The molecule has 2 aliphatic rings. The summed E-state index contributed by atoms with van der Waals surface area (Å²) in [5, 5.41) is 7.56. The Morgan fingerprint density at radius 3 is 2.68 bits per heavy atom. The van der Waals surface area contributed by atoms with E-state index in [2.05, 4.69) is 26.1 Å². The zero-order chi connectivity index (χ0) is 15.2. The van der Waals surface area contributed by atoms with Crippen molar-refractivity contribution in [1.82, 2.24) is 24.6 Å². The molecule has 22 heavy (non-hydrogen) atoms. The van der Waals surface area contributed by atoms with E-state index in [9.17, 15) is 4.39 Å². The lowest BCUT2D eigenvalue weighted by Crippen LogP contribution is -2.61. The fourth-order valence-corrected chi connectivity index (χ4v) is 3.87. The summed E-state index contributed by atoms with van der Waals surface area (Å²) in [6.07, 6.45) is 10.0. The van der Waals surface area contributed by atoms with Gasteiger partial charge in [-0.05, 0) is 32.6 Å². The van der Waals surface area contributed by atoms with Crippen LogP contribution in [-0.2, 0) is 0 Å². The molecule has 0 atom stereocenters. The molecule has 0 aromatic carbocycles. The summed E-state index contributed by atoms with van der Waals surface area (Å²) in [7, 11) is 0. The topological polar surface area (TPSA) is 49.7 Å². The third-order valence-electron chi connectivity index (χ3n) is 5.06. The number of hydrogen-bond donors (Lipinski definition) is 1. The van der Waals surface area contributed by atoms with Crippen LogP contribution in [0.2, 0.25) is 0 Å². The first kappa shape index (κ1) is 13.9. The minimum atomic E-state index is -0.960. The summed E-state index contributed by atoms with van der Waals surface area (Å²) < 4.78 is 15.6. The molecule has 1 aliphatic heterocycles. The van der Waals surface area contributed by atoms with E-state index in [1.807, 2.05) is 10.8 Å². The van der Waals surface area contributed by atoms with Gasteiger partial charge in [-0.25, -0.2) is 9.37 Å². The maximum atomic E-state index is 13.6. The fourth-order valence-electron chi connectivity index (χ4n) is 3.87. The van der Waals surface area contributed by atoms with Gasteiger partial charge in [0, 0.05) is 43.5 Å². The molecular weight excluding hydrogens is 281 g/mol. The zero-order valence-corrected chi connectivity index (χ0v) is 12.9. The number of hydrogen-bond acceptors (Lipinski definition) is 3. The van der Waals surface area contributed by atoms with Crippen LogP contribution in [-0.4, -0.2) is 49.4 Å². The van der Waals surface area contributed by atoms with Crippen LogP contribution in [0.25, 0.3) is 5.82 Å². The number of nitrogens with zero attached hydrogens (tertiary/aromatic N) is 4. The molecule has 1 N–H and O–H groups in total. The highest BCUT2D eigenvalue weighted by Gasteiger charge is 2.43. The standard InChI is InChI=1S/C16H22FN5/c1-16(17)9-22(10-16)13-4-2-12(3-5-13)14-8-15(20-19-14)21-7-6-18-11-21/h6-8,11-13H,2-5,9-10H2,1H3,(H,19,20)/t12-,13+. The van der Waals surface area contributed by atoms with Gasteiger partial charge in [0.15, 0.2) is 0 Å². The van der Waals surface area contributed by atoms with Gasteiger partial charge in [-0.15, -0.1) is 0 Å². The minimum absolute atomic E-state index is 0.516. The van der Waals surface area contributed by atoms with E-state index < -0.39 is 5.67 Å². The molecule has 0 amide bonds. The molecule has 1 saturated carbocycles. The predicted molar refractivity (Wildman–Crippen MR) is 81.8 cm³/mol. The number of imidazole rings is 1. The Kier molecular flexibility index (Phi) is 3.29. The predicted octanol–water partition coefficient (Wildman–Crippen LogP) is 2.67. The fraction of sp³-hybridized carbons (Fsp3) is 0.625. The number of aromatic nitrogens is 4. The quantitative estimate of drug-likeness (QED) is 0.948. The molecule has 1 aliphatic carbocycles. The van der Waals surface area contributed by atoms with Crippen molar-refractivity contribution in [3.63, 3.8) is 0 Å². The van der Waals surface area contributed by atoms with Crippen molar-refractivity contribution in [2.45, 2.75) is 50.2 Å². The third kappa shape index (κ3) is 2.56. The van der Waals surface area contributed by atoms with Gasteiger partial charge in [-0.3, -0.25) is 14.6 Å². The van der Waals surface area contributed by atoms with Gasteiger partial charge in [-0.2, -0.15) is 5.10 Å². The number of alkyl halides is 1. The second kappa shape index (κ2) is 5.19. The van der Waals surface area contributed by atoms with Gasteiger partial charge in [-0.1, -0.05) is 0 Å². The monoisotopic (exact) mass is 303 g/mol. The Morgan fingerprint density at radius 1 is 1.27 bits per heavy atom. The number of likely N-dealkylation sites (tertiary alicyclic amines) is 1. The molecule has 1 saturated heterocycles. The maximum Gasteiger partial charge on any atom is 0.133 e. The molecule has 2 fully saturated rings. The molecule has 0 bridgehead atoms. The van der Waals surface area contributed by atoms with Crippen LogP contribution >= 0.6 is 0 Å². The Hall–Kier alpha value is -1.69. The Morgan fingerprint density at radius 2 is 2.05 bits per heavy atom. The van der Waals surface area contributed by atoms with Gasteiger partial charge >= 0.3 is 0 Å². The van der Waals surface area contributed by atoms with E-state index in [0.717, 1.165) is 37.2 Å². The lowest BCUT2D eigenvalue weighted by molar-refractivity contribution is -0.0535. The van der Waals surface area contributed by atoms with Crippen LogP contribution in [0.1, 0.15) is 44.2 Å². The van der Waals surface area contributed by atoms with Crippen LogP contribution in [0.15, 0.2) is 24.8 Å². The molecule has 0 radical (unpaired) electrons. The number of nitrogens with one attached hydrogen (secondary N) is 1. The van der Waals surface area contributed by atoms with Crippen LogP contribution in [0.5, 0.6) is 0 Å². The number of aromatic amines is 1. The van der Waals surface area contributed by atoms with Crippen LogP contribution in [0.4, 0.5) is 4.39 Å². The van der Waals surface area contributed by atoms with Crippen LogP contribution in [0, 0.1) is 0 Å². The molecule has 2 aromatic rings. The summed E-state index contributed by atoms with van der Waals surface area (Å²) in [5.74, 6) is 1.48. The molecule has 0 unspecified atom stereocenters. The molecule has 118 valence electrons. The smallest absolute Gasteiger partial charge is 0.133 e. The van der Waals surface area contributed by atoms with Crippen molar-refractivity contribution >= 4 is 0 Å². The van der Waals surface area contributed by atoms with Crippen molar-refractivity contribution < 1.29 is 4.39 Å². The van der Waals surface area contributed by atoms with Gasteiger partial charge in [0.25, 0.3) is 0 Å². The van der Waals surface area contributed by atoms with Crippen molar-refractivity contribution in [2.24, 2.45) is 0 Å². The summed E-state index contributed by atoms with van der Waals surface area (Å²) in [6, 6.07) is 2.68. The van der Waals surface area contributed by atoms with Crippen molar-refractivity contribution in [3.8, 4) is 5.82 Å². The lowest BCUT2D eigenvalue weighted by atomic mass is 9.81. The van der Waals surface area contributed by atoms with E-state index in [1.54, 1.807) is 19.4 Å². The summed E-state index contributed by atoms with van der Waals surface area (Å²) in [4.78, 5) is 6.36. The average Bonchev–Trinajstić information content (AvgIpc) is 3.15. The van der Waals surface area contributed by atoms with E-state index in [-0.39, 0.29) is 0 Å². The van der Waals surface area contributed by atoms with Crippen molar-refractivity contribution in [2.75, 3.05) is 13.1 Å². The Balaban J connectivity index is 1.36. The zero-order valence-electron chi connectivity index (χ0n) is 12.9. The lowest BCUT2D eigenvalue weighted by Gasteiger charge is -2.48. The molecule has 4 rings (SSSR count). The Labute approximate surface area is 129 Å². The molecule has 6 heteroatoms. The highest BCUT2D eigenvalue weighted by atomic mass is 19.1. The second-order valence-electron chi connectivity index (χ2n) is 6.97. The Bertz CT molecular complexity index is 617. The van der Waals surface area contributed by atoms with E-state index in [0.29, 0.717) is 25.0 Å². The molecule has 3 heterocycles. The first-order valence-corrected chi connectivity index (χ1v) is 8.07. The van der Waals surface area contributed by atoms with E-state index in [1.165, 1.54) is 0 Å². The maximum absolute atomic E-state index is 13.6. The van der Waals surface area contributed by atoms with Gasteiger partial charge in [0.05, 0.1) is 5.69 Å². The van der Waals surface area contributed by atoms with Gasteiger partial charge in [0.2, 0.25) is 0 Å². The average molecular weight is 303 g/mol. The normalized spacial score (nSPS) is 28.5. The van der Waals surface area contributed by atoms with Gasteiger partial charge in [0.1, 0.15) is 17.8 Å². The SMILES string of the molecule is CC1(F)CN([C@H]2CC[C@@H](c3cc(-n4ccnc4)[nH]n3)CC2)C1. The second-order valence-corrected chi connectivity index (χ2v) is 6.97. The molecule has 2 aromatic heterocycles. The first-order chi connectivity index (χ1) is 10.6. The van der Waals surface area contributed by atoms with E-state index >= 15 is 0 Å². The van der Waals surface area contributed by atoms with Crippen LogP contribution < -0.4 is 0 Å². The summed E-state index contributed by atoms with van der Waals surface area (Å²) in [5.41, 5.74) is 0.180. The summed E-state index contributed by atoms with van der Waals surface area (Å²) >= 11 is 0. The van der Waals surface area contributed by atoms with Crippen molar-refractivity contribution in [3.05, 3.63) is 30.5 Å². The first-order valence-electron chi connectivity index (χ1n) is 8.07. The number of rotatable bonds is 3.